The number of methoxy groups -OCH3 is 3. The van der Waals surface area contributed by atoms with E-state index in [1.807, 2.05) is 6.08 Å². The second-order valence-electron chi connectivity index (χ2n) is 10.2. The third kappa shape index (κ3) is 6.88. The number of hydrogen-bond acceptors (Lipinski definition) is 12. The van der Waals surface area contributed by atoms with Crippen LogP contribution in [-0.2, 0) is 42.7 Å². The van der Waals surface area contributed by atoms with E-state index in [1.54, 1.807) is 27.7 Å². The number of fused-ring (bicyclic) bond motifs is 1. The van der Waals surface area contributed by atoms with E-state index in [4.69, 9.17) is 37.9 Å². The van der Waals surface area contributed by atoms with Gasteiger partial charge in [-0.05, 0) is 39.7 Å². The number of allylic oxidation sites excluding steroid dienone is 1. The minimum absolute atomic E-state index is 0.138. The van der Waals surface area contributed by atoms with E-state index in [1.165, 1.54) is 27.6 Å². The zero-order valence-corrected chi connectivity index (χ0v) is 22.4. The molecule has 1 aliphatic carbocycles. The fraction of sp³-hybridized carbons (Fsp3) is 0.800. The van der Waals surface area contributed by atoms with Gasteiger partial charge in [-0.2, -0.15) is 0 Å². The van der Waals surface area contributed by atoms with Crippen LogP contribution in [0.1, 0.15) is 34.1 Å². The SMILES string of the molecule is COC(=O)C1=CO[C@@H](O[C@@H]2O[C@H](COC(C)(C)OC)[C@@H](O)[C@H](O)[C@H]2O)[C@@H]2C(COC(C)(C)OC)=CC[C@H]12. The van der Waals surface area contributed by atoms with Gasteiger partial charge < -0.3 is 53.2 Å². The molecular weight excluding hydrogens is 492 g/mol. The lowest BCUT2D eigenvalue weighted by Crippen LogP contribution is -2.60. The normalized spacial score (nSPS) is 34.3. The predicted octanol–water partition coefficient (Wildman–Crippen LogP) is 0.585. The Kier molecular flexibility index (Phi) is 9.76. The number of hydrogen-bond donors (Lipinski definition) is 3. The summed E-state index contributed by atoms with van der Waals surface area (Å²) in [5, 5.41) is 31.6. The molecule has 0 radical (unpaired) electrons. The Morgan fingerprint density at radius 3 is 2.24 bits per heavy atom. The topological polar surface area (TPSA) is 152 Å². The average Bonchev–Trinajstić information content (AvgIpc) is 3.31. The van der Waals surface area contributed by atoms with Gasteiger partial charge in [0, 0.05) is 20.1 Å². The Morgan fingerprint density at radius 1 is 0.973 bits per heavy atom. The molecule has 0 aromatic heterocycles. The van der Waals surface area contributed by atoms with Gasteiger partial charge in [0.2, 0.25) is 6.29 Å². The van der Waals surface area contributed by atoms with Gasteiger partial charge in [-0.25, -0.2) is 4.79 Å². The number of esters is 1. The van der Waals surface area contributed by atoms with Crippen molar-refractivity contribution in [3.05, 3.63) is 23.5 Å². The fourth-order valence-electron chi connectivity index (χ4n) is 4.36. The van der Waals surface area contributed by atoms with Gasteiger partial charge in [0.05, 0.1) is 38.1 Å². The highest BCUT2D eigenvalue weighted by molar-refractivity contribution is 5.89. The Hall–Kier alpha value is -1.61. The van der Waals surface area contributed by atoms with Gasteiger partial charge in [0.25, 0.3) is 0 Å². The van der Waals surface area contributed by atoms with Crippen molar-refractivity contribution in [1.82, 2.24) is 0 Å². The molecule has 12 nitrogen and oxygen atoms in total. The Morgan fingerprint density at radius 2 is 1.62 bits per heavy atom. The van der Waals surface area contributed by atoms with Gasteiger partial charge in [-0.1, -0.05) is 6.08 Å². The maximum Gasteiger partial charge on any atom is 0.337 e. The highest BCUT2D eigenvalue weighted by Crippen LogP contribution is 2.45. The van der Waals surface area contributed by atoms with Crippen LogP contribution in [0.5, 0.6) is 0 Å². The molecule has 0 bridgehead atoms. The van der Waals surface area contributed by atoms with Gasteiger partial charge >= 0.3 is 5.97 Å². The zero-order chi connectivity index (χ0) is 27.5. The van der Waals surface area contributed by atoms with E-state index in [0.717, 1.165) is 5.57 Å². The summed E-state index contributed by atoms with van der Waals surface area (Å²) < 4.78 is 44.7. The summed E-state index contributed by atoms with van der Waals surface area (Å²) in [5.74, 6) is -3.14. The second-order valence-corrected chi connectivity index (χ2v) is 10.2. The second kappa shape index (κ2) is 12.1. The molecule has 0 aromatic rings. The number of carbonyl (C=O) groups excluding carboxylic acids is 1. The molecule has 0 spiro atoms. The van der Waals surface area contributed by atoms with E-state index < -0.39 is 60.5 Å². The zero-order valence-electron chi connectivity index (χ0n) is 22.4. The minimum atomic E-state index is -1.58. The summed E-state index contributed by atoms with van der Waals surface area (Å²) in [4.78, 5) is 12.4. The molecule has 8 atom stereocenters. The highest BCUT2D eigenvalue weighted by Gasteiger charge is 2.50. The van der Waals surface area contributed by atoms with Crippen molar-refractivity contribution in [2.75, 3.05) is 34.5 Å². The fourth-order valence-corrected chi connectivity index (χ4v) is 4.36. The van der Waals surface area contributed by atoms with E-state index in [2.05, 4.69) is 0 Å². The van der Waals surface area contributed by atoms with E-state index in [9.17, 15) is 20.1 Å². The van der Waals surface area contributed by atoms with Crippen LogP contribution in [0.4, 0.5) is 0 Å². The first kappa shape index (κ1) is 29.9. The van der Waals surface area contributed by atoms with Crippen molar-refractivity contribution in [3.63, 3.8) is 0 Å². The molecule has 37 heavy (non-hydrogen) atoms. The molecule has 3 aliphatic rings. The Bertz CT molecular complexity index is 853. The largest absolute Gasteiger partial charge is 0.471 e. The smallest absolute Gasteiger partial charge is 0.337 e. The molecule has 2 heterocycles. The summed E-state index contributed by atoms with van der Waals surface area (Å²) in [6, 6.07) is 0. The maximum absolute atomic E-state index is 12.4. The number of carbonyl (C=O) groups is 1. The lowest BCUT2D eigenvalue weighted by molar-refractivity contribution is -0.347. The number of ether oxygens (including phenoxy) is 8. The van der Waals surface area contributed by atoms with Crippen LogP contribution < -0.4 is 0 Å². The first-order valence-corrected chi connectivity index (χ1v) is 12.2. The Labute approximate surface area is 217 Å². The van der Waals surface area contributed by atoms with Crippen molar-refractivity contribution in [2.45, 2.75) is 82.7 Å². The van der Waals surface area contributed by atoms with Crippen molar-refractivity contribution < 1.29 is 58.0 Å². The third-order valence-electron chi connectivity index (χ3n) is 7.04. The molecule has 3 N–H and O–H groups in total. The van der Waals surface area contributed by atoms with Crippen LogP contribution in [-0.4, -0.2) is 104 Å². The molecule has 12 heteroatoms. The highest BCUT2D eigenvalue weighted by atomic mass is 16.8. The average molecular weight is 533 g/mol. The molecule has 3 rings (SSSR count). The van der Waals surface area contributed by atoms with Crippen molar-refractivity contribution in [2.24, 2.45) is 11.8 Å². The monoisotopic (exact) mass is 532 g/mol. The van der Waals surface area contributed by atoms with E-state index in [-0.39, 0.29) is 19.1 Å². The van der Waals surface area contributed by atoms with Crippen molar-refractivity contribution in [3.8, 4) is 0 Å². The van der Waals surface area contributed by atoms with Gasteiger partial charge in [-0.15, -0.1) is 0 Å². The number of rotatable bonds is 11. The summed E-state index contributed by atoms with van der Waals surface area (Å²) >= 11 is 0. The number of aliphatic hydroxyl groups is 3. The molecule has 0 aromatic carbocycles. The van der Waals surface area contributed by atoms with Gasteiger partial charge in [-0.3, -0.25) is 0 Å². The van der Waals surface area contributed by atoms with Crippen molar-refractivity contribution >= 4 is 5.97 Å². The van der Waals surface area contributed by atoms with E-state index >= 15 is 0 Å². The standard InChI is InChI=1S/C25H40O12/c1-24(2,31-6)34-10-13-8-9-14-15(21(29)30-5)11-33-22(17(13)14)37-23-20(28)19(27)18(26)16(36-23)12-35-25(3,4)32-7/h8,11,14,16-20,22-23,26-28H,9-10,12H2,1-7H3/t14-,16-,17-,18-,19+,20-,22+,23+/m1/s1. The molecule has 0 unspecified atom stereocenters. The Balaban J connectivity index is 1.79. The van der Waals surface area contributed by atoms with Crippen LogP contribution in [0.3, 0.4) is 0 Å². The predicted molar refractivity (Wildman–Crippen MR) is 126 cm³/mol. The third-order valence-corrected chi connectivity index (χ3v) is 7.04. The quantitative estimate of drug-likeness (QED) is 0.194. The van der Waals surface area contributed by atoms with E-state index in [0.29, 0.717) is 12.0 Å². The van der Waals surface area contributed by atoms with Crippen LogP contribution in [0, 0.1) is 11.8 Å². The summed E-state index contributed by atoms with van der Waals surface area (Å²) in [5.41, 5.74) is 1.15. The van der Waals surface area contributed by atoms with Crippen LogP contribution in [0.2, 0.25) is 0 Å². The van der Waals surface area contributed by atoms with Crippen LogP contribution in [0.25, 0.3) is 0 Å². The molecule has 0 amide bonds. The first-order chi connectivity index (χ1) is 17.3. The van der Waals surface area contributed by atoms with Gasteiger partial charge in [0.1, 0.15) is 24.4 Å². The first-order valence-electron chi connectivity index (χ1n) is 12.2. The lowest BCUT2D eigenvalue weighted by atomic mass is 9.83. The summed E-state index contributed by atoms with van der Waals surface area (Å²) in [6.07, 6.45) is -4.22. The summed E-state index contributed by atoms with van der Waals surface area (Å²) in [6.45, 7) is 6.96. The lowest BCUT2D eigenvalue weighted by Gasteiger charge is -2.43. The maximum atomic E-state index is 12.4. The molecule has 1 fully saturated rings. The van der Waals surface area contributed by atoms with Gasteiger partial charge in [0.15, 0.2) is 17.9 Å². The van der Waals surface area contributed by atoms with Crippen molar-refractivity contribution in [1.29, 1.82) is 0 Å². The summed E-state index contributed by atoms with van der Waals surface area (Å²) in [7, 11) is 4.30. The number of aliphatic hydroxyl groups excluding tert-OH is 3. The molecular formula is C25H40O12. The molecule has 1 saturated heterocycles. The molecule has 0 saturated carbocycles. The minimum Gasteiger partial charge on any atom is -0.471 e. The molecule has 212 valence electrons. The van der Waals surface area contributed by atoms with Crippen LogP contribution >= 0.6 is 0 Å². The van der Waals surface area contributed by atoms with Crippen LogP contribution in [0.15, 0.2) is 23.5 Å². The molecule has 2 aliphatic heterocycles.